The Kier molecular flexibility index (Phi) is 4.80. The summed E-state index contributed by atoms with van der Waals surface area (Å²) in [5, 5.41) is 6.21. The maximum absolute atomic E-state index is 11.8. The summed E-state index contributed by atoms with van der Waals surface area (Å²) in [5.41, 5.74) is 0. The Morgan fingerprint density at radius 2 is 2.35 bits per heavy atom. The molecule has 0 spiro atoms. The second-order valence-corrected chi connectivity index (χ2v) is 5.45. The van der Waals surface area contributed by atoms with Gasteiger partial charge in [-0.15, -0.1) is 0 Å². The van der Waals surface area contributed by atoms with Gasteiger partial charge in [-0.3, -0.25) is 4.79 Å². The van der Waals surface area contributed by atoms with Gasteiger partial charge < -0.3 is 15.4 Å². The molecule has 4 heteroatoms. The first kappa shape index (κ1) is 12.8. The van der Waals surface area contributed by atoms with E-state index in [0.717, 1.165) is 19.0 Å². The number of hydrogen-bond donors (Lipinski definition) is 2. The van der Waals surface area contributed by atoms with Gasteiger partial charge in [-0.05, 0) is 24.7 Å². The second-order valence-electron chi connectivity index (χ2n) is 5.45. The largest absolute Gasteiger partial charge is 0.366 e. The van der Waals surface area contributed by atoms with Crippen LogP contribution < -0.4 is 10.6 Å². The van der Waals surface area contributed by atoms with Crippen LogP contribution in [-0.2, 0) is 9.53 Å². The van der Waals surface area contributed by atoms with E-state index in [1.165, 1.54) is 25.7 Å². The van der Waals surface area contributed by atoms with Gasteiger partial charge in [-0.25, -0.2) is 0 Å². The molecule has 0 bridgehead atoms. The van der Waals surface area contributed by atoms with E-state index in [1.54, 1.807) is 0 Å². The smallest absolute Gasteiger partial charge is 0.250 e. The fourth-order valence-corrected chi connectivity index (χ4v) is 2.84. The molecule has 0 radical (unpaired) electrons. The maximum Gasteiger partial charge on any atom is 0.250 e. The lowest BCUT2D eigenvalue weighted by molar-refractivity contribution is -0.134. The summed E-state index contributed by atoms with van der Waals surface area (Å²) in [6.07, 6.45) is 4.88. The van der Waals surface area contributed by atoms with Crippen LogP contribution in [0.2, 0.25) is 0 Å². The molecule has 1 heterocycles. The van der Waals surface area contributed by atoms with Crippen molar-refractivity contribution in [1.29, 1.82) is 0 Å². The molecule has 17 heavy (non-hydrogen) atoms. The highest BCUT2D eigenvalue weighted by Crippen LogP contribution is 2.27. The fourth-order valence-electron chi connectivity index (χ4n) is 2.84. The van der Waals surface area contributed by atoms with Crippen LogP contribution in [0.3, 0.4) is 0 Å². The van der Waals surface area contributed by atoms with Crippen molar-refractivity contribution >= 4 is 5.91 Å². The number of morpholine rings is 1. The van der Waals surface area contributed by atoms with Crippen LogP contribution in [0.4, 0.5) is 0 Å². The van der Waals surface area contributed by atoms with E-state index < -0.39 is 0 Å². The van der Waals surface area contributed by atoms with Gasteiger partial charge in [-0.2, -0.15) is 0 Å². The number of ether oxygens (including phenoxy) is 1. The van der Waals surface area contributed by atoms with Gasteiger partial charge in [0.15, 0.2) is 0 Å². The molecule has 4 nitrogen and oxygen atoms in total. The number of amides is 1. The summed E-state index contributed by atoms with van der Waals surface area (Å²) in [5.74, 6) is 1.54. The predicted octanol–water partition coefficient (Wildman–Crippen LogP) is 0.917. The van der Waals surface area contributed by atoms with E-state index in [-0.39, 0.29) is 12.0 Å². The molecular weight excluding hydrogens is 216 g/mol. The molecule has 2 aliphatic rings. The minimum absolute atomic E-state index is 0.0513. The minimum atomic E-state index is -0.287. The minimum Gasteiger partial charge on any atom is -0.366 e. The van der Waals surface area contributed by atoms with Crippen LogP contribution >= 0.6 is 0 Å². The number of hydrogen-bond acceptors (Lipinski definition) is 3. The van der Waals surface area contributed by atoms with E-state index in [0.29, 0.717) is 19.1 Å². The monoisotopic (exact) mass is 240 g/mol. The van der Waals surface area contributed by atoms with Crippen molar-refractivity contribution in [2.75, 3.05) is 26.2 Å². The molecule has 0 aromatic carbocycles. The van der Waals surface area contributed by atoms with Crippen molar-refractivity contribution in [3.63, 3.8) is 0 Å². The van der Waals surface area contributed by atoms with E-state index in [1.807, 2.05) is 0 Å². The first-order valence-corrected chi connectivity index (χ1v) is 6.85. The van der Waals surface area contributed by atoms with Gasteiger partial charge in [0.2, 0.25) is 5.91 Å². The number of nitrogens with one attached hydrogen (secondary N) is 2. The number of carbonyl (C=O) groups excluding carboxylic acids is 1. The highest BCUT2D eigenvalue weighted by molar-refractivity contribution is 5.81. The zero-order valence-corrected chi connectivity index (χ0v) is 10.7. The van der Waals surface area contributed by atoms with E-state index >= 15 is 0 Å². The molecule has 3 unspecified atom stereocenters. The second kappa shape index (κ2) is 6.36. The Morgan fingerprint density at radius 3 is 3.06 bits per heavy atom. The fraction of sp³-hybridized carbons (Fsp3) is 0.923. The third-order valence-corrected chi connectivity index (χ3v) is 3.83. The van der Waals surface area contributed by atoms with Gasteiger partial charge >= 0.3 is 0 Å². The summed E-state index contributed by atoms with van der Waals surface area (Å²) < 4.78 is 5.43. The zero-order valence-electron chi connectivity index (χ0n) is 10.7. The molecule has 1 aliphatic heterocycles. The first-order chi connectivity index (χ1) is 8.25. The highest BCUT2D eigenvalue weighted by atomic mass is 16.5. The van der Waals surface area contributed by atoms with Gasteiger partial charge in [0.05, 0.1) is 6.61 Å². The standard InChI is InChI=1S/C13H24N2O2/c1-10-3-2-4-11(7-10)8-15-13(16)12-9-14-5-6-17-12/h10-12,14H,2-9H2,1H3,(H,15,16). The molecule has 1 saturated heterocycles. The molecule has 2 rings (SSSR count). The summed E-state index contributed by atoms with van der Waals surface area (Å²) in [6, 6.07) is 0. The lowest BCUT2D eigenvalue weighted by Crippen LogP contribution is -2.48. The normalized spacial score (nSPS) is 34.3. The summed E-state index contributed by atoms with van der Waals surface area (Å²) in [7, 11) is 0. The van der Waals surface area contributed by atoms with E-state index in [9.17, 15) is 4.79 Å². The quantitative estimate of drug-likeness (QED) is 0.771. The zero-order chi connectivity index (χ0) is 12.1. The highest BCUT2D eigenvalue weighted by Gasteiger charge is 2.24. The van der Waals surface area contributed by atoms with Crippen molar-refractivity contribution < 1.29 is 9.53 Å². The molecule has 2 fully saturated rings. The van der Waals surface area contributed by atoms with Crippen LogP contribution in [0.5, 0.6) is 0 Å². The Morgan fingerprint density at radius 1 is 1.47 bits per heavy atom. The molecule has 2 N–H and O–H groups in total. The van der Waals surface area contributed by atoms with Crippen LogP contribution in [0, 0.1) is 11.8 Å². The van der Waals surface area contributed by atoms with E-state index in [2.05, 4.69) is 17.6 Å². The van der Waals surface area contributed by atoms with Crippen molar-refractivity contribution in [3.05, 3.63) is 0 Å². The Bertz CT molecular complexity index is 252. The van der Waals surface area contributed by atoms with Crippen molar-refractivity contribution in [3.8, 4) is 0 Å². The van der Waals surface area contributed by atoms with Crippen molar-refractivity contribution in [2.24, 2.45) is 11.8 Å². The third-order valence-electron chi connectivity index (χ3n) is 3.83. The topological polar surface area (TPSA) is 50.4 Å². The predicted molar refractivity (Wildman–Crippen MR) is 66.7 cm³/mol. The average molecular weight is 240 g/mol. The SMILES string of the molecule is CC1CCCC(CNC(=O)C2CNCCO2)C1. The molecular formula is C13H24N2O2. The summed E-state index contributed by atoms with van der Waals surface area (Å²) in [6.45, 7) is 5.26. The summed E-state index contributed by atoms with van der Waals surface area (Å²) >= 11 is 0. The Labute approximate surface area is 103 Å². The molecule has 0 aromatic heterocycles. The van der Waals surface area contributed by atoms with Gasteiger partial charge in [0.25, 0.3) is 0 Å². The summed E-state index contributed by atoms with van der Waals surface area (Å²) in [4.78, 5) is 11.8. The van der Waals surface area contributed by atoms with Gasteiger partial charge in [0, 0.05) is 19.6 Å². The van der Waals surface area contributed by atoms with Crippen LogP contribution in [0.1, 0.15) is 32.6 Å². The number of rotatable bonds is 3. The van der Waals surface area contributed by atoms with Crippen molar-refractivity contribution in [1.82, 2.24) is 10.6 Å². The molecule has 1 amide bonds. The van der Waals surface area contributed by atoms with Crippen molar-refractivity contribution in [2.45, 2.75) is 38.7 Å². The van der Waals surface area contributed by atoms with Crippen LogP contribution in [-0.4, -0.2) is 38.3 Å². The molecule has 98 valence electrons. The van der Waals surface area contributed by atoms with Crippen LogP contribution in [0.25, 0.3) is 0 Å². The Hall–Kier alpha value is -0.610. The number of carbonyl (C=O) groups is 1. The Balaban J connectivity index is 1.68. The first-order valence-electron chi connectivity index (χ1n) is 6.85. The third kappa shape index (κ3) is 3.96. The average Bonchev–Trinajstić information content (AvgIpc) is 2.37. The maximum atomic E-state index is 11.8. The van der Waals surface area contributed by atoms with Gasteiger partial charge in [0.1, 0.15) is 6.10 Å². The van der Waals surface area contributed by atoms with Crippen LogP contribution in [0.15, 0.2) is 0 Å². The molecule has 1 saturated carbocycles. The molecule has 1 aliphatic carbocycles. The lowest BCUT2D eigenvalue weighted by atomic mass is 9.82. The van der Waals surface area contributed by atoms with Gasteiger partial charge in [-0.1, -0.05) is 19.8 Å². The molecule has 0 aromatic rings. The molecule has 3 atom stereocenters. The lowest BCUT2D eigenvalue weighted by Gasteiger charge is -2.28. The van der Waals surface area contributed by atoms with E-state index in [4.69, 9.17) is 4.74 Å².